The van der Waals surface area contributed by atoms with E-state index in [9.17, 15) is 10.4 Å². The molecule has 0 bridgehead atoms. The zero-order chi connectivity index (χ0) is 20.3. The summed E-state index contributed by atoms with van der Waals surface area (Å²) in [5.41, 5.74) is 5.94. The number of rotatable bonds is 6. The van der Waals surface area contributed by atoms with Crippen LogP contribution in [0.4, 0.5) is 0 Å². The van der Waals surface area contributed by atoms with Gasteiger partial charge in [-0.05, 0) is 79.0 Å². The van der Waals surface area contributed by atoms with E-state index in [0.29, 0.717) is 11.3 Å². The van der Waals surface area contributed by atoms with E-state index in [4.69, 9.17) is 4.74 Å². The van der Waals surface area contributed by atoms with Crippen LogP contribution in [0.3, 0.4) is 0 Å². The van der Waals surface area contributed by atoms with Crippen LogP contribution >= 0.6 is 11.3 Å². The van der Waals surface area contributed by atoms with E-state index in [-0.39, 0.29) is 12.2 Å². The van der Waals surface area contributed by atoms with Gasteiger partial charge in [0, 0.05) is 4.88 Å². The quantitative estimate of drug-likeness (QED) is 0.363. The van der Waals surface area contributed by atoms with Crippen LogP contribution in [0.2, 0.25) is 0 Å². The van der Waals surface area contributed by atoms with Gasteiger partial charge in [-0.2, -0.15) is 5.26 Å². The van der Waals surface area contributed by atoms with Gasteiger partial charge in [-0.15, -0.1) is 11.3 Å². The molecule has 1 atom stereocenters. The van der Waals surface area contributed by atoms with Crippen molar-refractivity contribution in [2.75, 3.05) is 0 Å². The Morgan fingerprint density at radius 3 is 2.89 bits per heavy atom. The first-order chi connectivity index (χ1) is 13.4. The molecule has 0 saturated heterocycles. The number of allylic oxidation sites excluding steroid dienone is 4. The minimum absolute atomic E-state index is 0.0263. The fraction of sp³-hybridized carbons (Fsp3) is 0.292. The summed E-state index contributed by atoms with van der Waals surface area (Å²) < 4.78 is 5.59. The highest BCUT2D eigenvalue weighted by atomic mass is 32.1. The lowest BCUT2D eigenvalue weighted by molar-refractivity contribution is 0.157. The number of nitriles is 1. The minimum atomic E-state index is -0.353. The summed E-state index contributed by atoms with van der Waals surface area (Å²) >= 11 is 1.68. The van der Waals surface area contributed by atoms with Crippen LogP contribution in [0, 0.1) is 11.3 Å². The first-order valence-electron chi connectivity index (χ1n) is 9.47. The van der Waals surface area contributed by atoms with Crippen molar-refractivity contribution in [3.63, 3.8) is 0 Å². The molecule has 1 heterocycles. The number of thiophene rings is 1. The number of hydrogen-bond acceptors (Lipinski definition) is 4. The van der Waals surface area contributed by atoms with Gasteiger partial charge in [0.1, 0.15) is 11.8 Å². The first-order valence-corrected chi connectivity index (χ1v) is 10.4. The summed E-state index contributed by atoms with van der Waals surface area (Å²) in [4.78, 5) is 1.17. The Morgan fingerprint density at radius 2 is 2.21 bits per heavy atom. The number of aliphatic hydroxyl groups excluding tert-OH is 1. The van der Waals surface area contributed by atoms with Crippen molar-refractivity contribution in [3.8, 4) is 16.5 Å². The SMILES string of the molecule is C=C(OC(C)C)/C(C#N)=C\C(=C/C)c1csc(-c2cccc3c2CCC3O)c1. The van der Waals surface area contributed by atoms with Crippen molar-refractivity contribution in [3.05, 3.63) is 76.4 Å². The standard InChI is InChI=1S/C24H25NO2S/c1-5-17(11-18(13-25)16(4)27-15(2)3)19-12-24(28-14-19)22-8-6-7-21-20(22)9-10-23(21)26/h5-8,11-12,14-15,23,26H,4,9-10H2,1-3H3/b17-5+,18-11-. The number of benzene rings is 1. The van der Waals surface area contributed by atoms with Gasteiger partial charge in [0.15, 0.2) is 0 Å². The van der Waals surface area contributed by atoms with E-state index in [1.807, 2.05) is 45.1 Å². The van der Waals surface area contributed by atoms with Gasteiger partial charge in [-0.25, -0.2) is 0 Å². The molecule has 3 nitrogen and oxygen atoms in total. The van der Waals surface area contributed by atoms with Gasteiger partial charge in [-0.1, -0.05) is 30.9 Å². The van der Waals surface area contributed by atoms with Crippen molar-refractivity contribution < 1.29 is 9.84 Å². The Morgan fingerprint density at radius 1 is 1.43 bits per heavy atom. The van der Waals surface area contributed by atoms with Gasteiger partial charge in [-0.3, -0.25) is 0 Å². The Hall–Kier alpha value is -2.61. The van der Waals surface area contributed by atoms with Crippen LogP contribution < -0.4 is 0 Å². The molecular formula is C24H25NO2S. The maximum absolute atomic E-state index is 10.2. The minimum Gasteiger partial charge on any atom is -0.490 e. The summed E-state index contributed by atoms with van der Waals surface area (Å²) in [6, 6.07) is 10.5. The Bertz CT molecular complexity index is 988. The normalized spacial score (nSPS) is 16.8. The second-order valence-electron chi connectivity index (χ2n) is 7.13. The molecule has 1 aromatic carbocycles. The van der Waals surface area contributed by atoms with E-state index >= 15 is 0 Å². The molecular weight excluding hydrogens is 366 g/mol. The monoisotopic (exact) mass is 391 g/mol. The molecule has 0 radical (unpaired) electrons. The summed E-state index contributed by atoms with van der Waals surface area (Å²) in [6.45, 7) is 9.67. The first kappa shape index (κ1) is 20.1. The lowest BCUT2D eigenvalue weighted by Crippen LogP contribution is -2.03. The summed E-state index contributed by atoms with van der Waals surface area (Å²) in [6.07, 6.45) is 5.13. The van der Waals surface area contributed by atoms with Gasteiger partial charge >= 0.3 is 0 Å². The highest BCUT2D eigenvalue weighted by Crippen LogP contribution is 2.40. The predicted octanol–water partition coefficient (Wildman–Crippen LogP) is 6.19. The third kappa shape index (κ3) is 4.11. The Kier molecular flexibility index (Phi) is 6.18. The smallest absolute Gasteiger partial charge is 0.130 e. The topological polar surface area (TPSA) is 53.2 Å². The lowest BCUT2D eigenvalue weighted by atomic mass is 10.00. The van der Waals surface area contributed by atoms with Gasteiger partial charge < -0.3 is 9.84 Å². The molecule has 0 aliphatic heterocycles. The van der Waals surface area contributed by atoms with Crippen molar-refractivity contribution in [1.82, 2.24) is 0 Å². The summed E-state index contributed by atoms with van der Waals surface area (Å²) in [7, 11) is 0. The molecule has 1 aliphatic rings. The van der Waals surface area contributed by atoms with Gasteiger partial charge in [0.25, 0.3) is 0 Å². The molecule has 28 heavy (non-hydrogen) atoms. The van der Waals surface area contributed by atoms with Crippen LogP contribution in [-0.2, 0) is 11.2 Å². The number of fused-ring (bicyclic) bond motifs is 1. The molecule has 3 rings (SSSR count). The van der Waals surface area contributed by atoms with Gasteiger partial charge in [0.2, 0.25) is 0 Å². The molecule has 0 saturated carbocycles. The predicted molar refractivity (Wildman–Crippen MR) is 116 cm³/mol. The van der Waals surface area contributed by atoms with Crippen LogP contribution in [0.5, 0.6) is 0 Å². The van der Waals surface area contributed by atoms with Crippen LogP contribution in [0.1, 0.15) is 50.0 Å². The fourth-order valence-corrected chi connectivity index (χ4v) is 4.48. The van der Waals surface area contributed by atoms with E-state index in [0.717, 1.165) is 29.5 Å². The third-order valence-electron chi connectivity index (χ3n) is 4.85. The van der Waals surface area contributed by atoms with Crippen molar-refractivity contribution >= 4 is 16.9 Å². The highest BCUT2D eigenvalue weighted by Gasteiger charge is 2.23. The van der Waals surface area contributed by atoms with Crippen LogP contribution in [-0.4, -0.2) is 11.2 Å². The van der Waals surface area contributed by atoms with E-state index < -0.39 is 0 Å². The zero-order valence-corrected chi connectivity index (χ0v) is 17.3. The largest absolute Gasteiger partial charge is 0.490 e. The molecule has 0 spiro atoms. The van der Waals surface area contributed by atoms with Crippen LogP contribution in [0.25, 0.3) is 16.0 Å². The summed E-state index contributed by atoms with van der Waals surface area (Å²) in [5, 5.41) is 21.8. The molecule has 1 N–H and O–H groups in total. The summed E-state index contributed by atoms with van der Waals surface area (Å²) in [5.74, 6) is 0.391. The molecule has 2 aromatic rings. The maximum Gasteiger partial charge on any atom is 0.130 e. The average molecular weight is 392 g/mol. The van der Waals surface area contributed by atoms with E-state index in [1.165, 1.54) is 16.0 Å². The highest BCUT2D eigenvalue weighted by molar-refractivity contribution is 7.13. The average Bonchev–Trinajstić information content (AvgIpc) is 3.29. The third-order valence-corrected chi connectivity index (χ3v) is 5.81. The van der Waals surface area contributed by atoms with Crippen molar-refractivity contribution in [2.45, 2.75) is 45.8 Å². The number of ether oxygens (including phenoxy) is 1. The van der Waals surface area contributed by atoms with E-state index in [1.54, 1.807) is 11.3 Å². The number of nitrogens with zero attached hydrogens (tertiary/aromatic N) is 1. The molecule has 0 fully saturated rings. The number of aliphatic hydroxyl groups is 1. The second-order valence-corrected chi connectivity index (χ2v) is 8.04. The van der Waals surface area contributed by atoms with E-state index in [2.05, 4.69) is 30.2 Å². The van der Waals surface area contributed by atoms with Crippen molar-refractivity contribution in [1.29, 1.82) is 5.26 Å². The Balaban J connectivity index is 1.92. The van der Waals surface area contributed by atoms with Gasteiger partial charge in [0.05, 0.1) is 17.8 Å². The molecule has 144 valence electrons. The van der Waals surface area contributed by atoms with Crippen LogP contribution in [0.15, 0.2) is 59.7 Å². The fourth-order valence-electron chi connectivity index (χ4n) is 3.50. The molecule has 0 amide bonds. The molecule has 1 aromatic heterocycles. The molecule has 1 aliphatic carbocycles. The van der Waals surface area contributed by atoms with Crippen molar-refractivity contribution in [2.24, 2.45) is 0 Å². The maximum atomic E-state index is 10.2. The number of hydrogen-bond donors (Lipinski definition) is 1. The zero-order valence-electron chi connectivity index (χ0n) is 16.5. The molecule has 4 heteroatoms. The second kappa shape index (κ2) is 8.60. The lowest BCUT2D eigenvalue weighted by Gasteiger charge is -2.11. The molecule has 1 unspecified atom stereocenters. The Labute approximate surface area is 170 Å².